The van der Waals surface area contributed by atoms with Gasteiger partial charge in [0.1, 0.15) is 5.60 Å². The van der Waals surface area contributed by atoms with Crippen LogP contribution in [0.15, 0.2) is 0 Å². The summed E-state index contributed by atoms with van der Waals surface area (Å²) in [4.78, 5) is 13.9. The highest BCUT2D eigenvalue weighted by atomic mass is 16.6. The molecular weight excluding hydrogens is 228 g/mol. The molecule has 2 rings (SSSR count). The highest BCUT2D eigenvalue weighted by Crippen LogP contribution is 2.50. The van der Waals surface area contributed by atoms with Crippen LogP contribution in [-0.2, 0) is 4.74 Å². The third kappa shape index (κ3) is 2.77. The number of nitriles is 1. The van der Waals surface area contributed by atoms with Gasteiger partial charge in [-0.1, -0.05) is 0 Å². The largest absolute Gasteiger partial charge is 0.444 e. The van der Waals surface area contributed by atoms with Crippen LogP contribution in [0.5, 0.6) is 0 Å². The summed E-state index contributed by atoms with van der Waals surface area (Å²) in [6.07, 6.45) is 3.86. The highest BCUT2D eigenvalue weighted by molar-refractivity contribution is 5.68. The molecule has 4 nitrogen and oxygen atoms in total. The zero-order valence-corrected chi connectivity index (χ0v) is 11.5. The molecule has 0 aromatic rings. The summed E-state index contributed by atoms with van der Waals surface area (Å²) in [5, 5.41) is 8.87. The van der Waals surface area contributed by atoms with Crippen LogP contribution in [0, 0.1) is 22.7 Å². The Hall–Kier alpha value is -1.24. The number of amides is 1. The normalized spacial score (nSPS) is 31.7. The number of rotatable bonds is 0. The van der Waals surface area contributed by atoms with Crippen LogP contribution in [-0.4, -0.2) is 29.7 Å². The van der Waals surface area contributed by atoms with Gasteiger partial charge in [-0.05, 0) is 51.9 Å². The second-order valence-corrected chi connectivity index (χ2v) is 6.74. The van der Waals surface area contributed by atoms with Crippen molar-refractivity contribution in [1.29, 1.82) is 5.26 Å². The van der Waals surface area contributed by atoms with Crippen molar-refractivity contribution in [3.05, 3.63) is 0 Å². The predicted octanol–water partition coefficient (Wildman–Crippen LogP) is 2.94. The SMILES string of the molecule is CC(C)(C)OC(=O)N1CCCC2(CC(C#N)C2)C1. The number of hydrogen-bond donors (Lipinski definition) is 0. The molecule has 0 bridgehead atoms. The van der Waals surface area contributed by atoms with Gasteiger partial charge in [0, 0.05) is 19.0 Å². The molecule has 0 atom stereocenters. The van der Waals surface area contributed by atoms with E-state index in [4.69, 9.17) is 10.00 Å². The maximum atomic E-state index is 12.0. The van der Waals surface area contributed by atoms with Crippen molar-refractivity contribution in [2.24, 2.45) is 11.3 Å². The summed E-state index contributed by atoms with van der Waals surface area (Å²) in [6, 6.07) is 2.32. The quantitative estimate of drug-likeness (QED) is 0.664. The lowest BCUT2D eigenvalue weighted by atomic mass is 9.59. The average molecular weight is 250 g/mol. The monoisotopic (exact) mass is 250 g/mol. The van der Waals surface area contributed by atoms with E-state index in [0.717, 1.165) is 38.8 Å². The lowest BCUT2D eigenvalue weighted by molar-refractivity contribution is -0.0270. The van der Waals surface area contributed by atoms with Crippen molar-refractivity contribution in [2.45, 2.75) is 52.1 Å². The van der Waals surface area contributed by atoms with Crippen LogP contribution in [0.4, 0.5) is 4.79 Å². The van der Waals surface area contributed by atoms with Crippen molar-refractivity contribution < 1.29 is 9.53 Å². The van der Waals surface area contributed by atoms with Gasteiger partial charge in [0.15, 0.2) is 0 Å². The molecular formula is C14H22N2O2. The number of nitrogens with zero attached hydrogens (tertiary/aromatic N) is 2. The van der Waals surface area contributed by atoms with Gasteiger partial charge in [0.05, 0.1) is 6.07 Å². The van der Waals surface area contributed by atoms with Crippen LogP contribution in [0.2, 0.25) is 0 Å². The predicted molar refractivity (Wildman–Crippen MR) is 67.8 cm³/mol. The molecule has 0 aromatic heterocycles. The van der Waals surface area contributed by atoms with E-state index in [2.05, 4.69) is 6.07 Å². The maximum Gasteiger partial charge on any atom is 0.410 e. The molecule has 100 valence electrons. The number of carbonyl (C=O) groups is 1. The third-order valence-corrected chi connectivity index (χ3v) is 3.85. The molecule has 1 aliphatic carbocycles. The average Bonchev–Trinajstić information content (AvgIpc) is 2.23. The lowest BCUT2D eigenvalue weighted by Crippen LogP contribution is -2.52. The Kier molecular flexibility index (Phi) is 3.27. The lowest BCUT2D eigenvalue weighted by Gasteiger charge is -2.50. The zero-order valence-electron chi connectivity index (χ0n) is 11.5. The molecule has 1 heterocycles. The molecule has 1 spiro atoms. The van der Waals surface area contributed by atoms with Gasteiger partial charge in [-0.15, -0.1) is 0 Å². The van der Waals surface area contributed by atoms with Gasteiger partial charge >= 0.3 is 6.09 Å². The van der Waals surface area contributed by atoms with Crippen LogP contribution < -0.4 is 0 Å². The number of likely N-dealkylation sites (tertiary alicyclic amines) is 1. The molecule has 1 saturated heterocycles. The summed E-state index contributed by atoms with van der Waals surface area (Å²) in [7, 11) is 0. The molecule has 0 aromatic carbocycles. The Bertz CT molecular complexity index is 372. The first kappa shape index (κ1) is 13.2. The van der Waals surface area contributed by atoms with Gasteiger partial charge in [0.2, 0.25) is 0 Å². The first-order chi connectivity index (χ1) is 8.34. The molecule has 0 radical (unpaired) electrons. The minimum absolute atomic E-state index is 0.198. The maximum absolute atomic E-state index is 12.0. The smallest absolute Gasteiger partial charge is 0.410 e. The minimum Gasteiger partial charge on any atom is -0.444 e. The fourth-order valence-corrected chi connectivity index (χ4v) is 3.10. The molecule has 0 unspecified atom stereocenters. The first-order valence-corrected chi connectivity index (χ1v) is 6.71. The Morgan fingerprint density at radius 3 is 2.67 bits per heavy atom. The van der Waals surface area contributed by atoms with Crippen molar-refractivity contribution >= 4 is 6.09 Å². The zero-order chi connectivity index (χ0) is 13.4. The molecule has 2 fully saturated rings. The van der Waals surface area contributed by atoms with E-state index in [0.29, 0.717) is 0 Å². The van der Waals surface area contributed by atoms with Crippen LogP contribution in [0.25, 0.3) is 0 Å². The van der Waals surface area contributed by atoms with E-state index in [1.807, 2.05) is 25.7 Å². The van der Waals surface area contributed by atoms with Gasteiger partial charge in [0.25, 0.3) is 0 Å². The number of piperidine rings is 1. The third-order valence-electron chi connectivity index (χ3n) is 3.85. The second-order valence-electron chi connectivity index (χ2n) is 6.74. The number of ether oxygens (including phenoxy) is 1. The Balaban J connectivity index is 1.92. The second kappa shape index (κ2) is 4.46. The van der Waals surface area contributed by atoms with Gasteiger partial charge in [-0.3, -0.25) is 0 Å². The van der Waals surface area contributed by atoms with E-state index in [1.165, 1.54) is 0 Å². The Labute approximate surface area is 109 Å². The van der Waals surface area contributed by atoms with Crippen molar-refractivity contribution in [1.82, 2.24) is 4.90 Å². The van der Waals surface area contributed by atoms with E-state index < -0.39 is 5.60 Å². The Morgan fingerprint density at radius 2 is 2.11 bits per heavy atom. The standard InChI is InChI=1S/C14H22N2O2/c1-13(2,3)18-12(17)16-6-4-5-14(10-16)7-11(8-14)9-15/h11H,4-8,10H2,1-3H3. The fourth-order valence-electron chi connectivity index (χ4n) is 3.10. The fraction of sp³-hybridized carbons (Fsp3) is 0.857. The molecule has 18 heavy (non-hydrogen) atoms. The van der Waals surface area contributed by atoms with Gasteiger partial charge < -0.3 is 9.64 Å². The van der Waals surface area contributed by atoms with Crippen LogP contribution >= 0.6 is 0 Å². The van der Waals surface area contributed by atoms with Crippen molar-refractivity contribution in [3.8, 4) is 6.07 Å². The van der Waals surface area contributed by atoms with Gasteiger partial charge in [-0.2, -0.15) is 5.26 Å². The summed E-state index contributed by atoms with van der Waals surface area (Å²) < 4.78 is 5.41. The molecule has 1 amide bonds. The van der Waals surface area contributed by atoms with Crippen molar-refractivity contribution in [3.63, 3.8) is 0 Å². The van der Waals surface area contributed by atoms with Crippen molar-refractivity contribution in [2.75, 3.05) is 13.1 Å². The molecule has 0 N–H and O–H groups in total. The first-order valence-electron chi connectivity index (χ1n) is 6.71. The van der Waals surface area contributed by atoms with E-state index in [-0.39, 0.29) is 17.4 Å². The number of carbonyl (C=O) groups excluding carboxylic acids is 1. The van der Waals surface area contributed by atoms with E-state index in [9.17, 15) is 4.79 Å². The number of hydrogen-bond acceptors (Lipinski definition) is 3. The van der Waals surface area contributed by atoms with Crippen LogP contribution in [0.3, 0.4) is 0 Å². The molecule has 2 aliphatic rings. The van der Waals surface area contributed by atoms with E-state index >= 15 is 0 Å². The minimum atomic E-state index is -0.434. The molecule has 1 saturated carbocycles. The summed E-state index contributed by atoms with van der Waals surface area (Å²) in [5.74, 6) is 0.198. The Morgan fingerprint density at radius 1 is 1.44 bits per heavy atom. The molecule has 1 aliphatic heterocycles. The van der Waals surface area contributed by atoms with Crippen LogP contribution in [0.1, 0.15) is 46.5 Å². The summed E-state index contributed by atoms with van der Waals surface area (Å²) in [5.41, 5.74) is -0.230. The topological polar surface area (TPSA) is 53.3 Å². The van der Waals surface area contributed by atoms with Gasteiger partial charge in [-0.25, -0.2) is 4.79 Å². The highest BCUT2D eigenvalue weighted by Gasteiger charge is 2.47. The summed E-state index contributed by atoms with van der Waals surface area (Å²) >= 11 is 0. The summed E-state index contributed by atoms with van der Waals surface area (Å²) in [6.45, 7) is 7.22. The van der Waals surface area contributed by atoms with E-state index in [1.54, 1.807) is 0 Å². The molecule has 4 heteroatoms.